The van der Waals surface area contributed by atoms with Gasteiger partial charge in [0.1, 0.15) is 11.4 Å². The number of carbonyl (C=O) groups excluding carboxylic acids is 1. The van der Waals surface area contributed by atoms with Crippen LogP contribution in [0.4, 0.5) is 0 Å². The number of piperidine rings is 1. The van der Waals surface area contributed by atoms with E-state index in [4.69, 9.17) is 11.6 Å². The number of rotatable bonds is 0. The smallest absolute Gasteiger partial charge is 0.271 e. The molecule has 3 heterocycles. The molecule has 3 rings (SSSR count). The monoisotopic (exact) mass is 281 g/mol. The van der Waals surface area contributed by atoms with Crippen molar-refractivity contribution in [2.75, 3.05) is 20.1 Å². The summed E-state index contributed by atoms with van der Waals surface area (Å²) in [5.74, 6) is -0.244. The van der Waals surface area contributed by atoms with E-state index in [0.29, 0.717) is 16.3 Å². The van der Waals surface area contributed by atoms with Crippen LogP contribution in [-0.4, -0.2) is 35.5 Å². The van der Waals surface area contributed by atoms with Gasteiger partial charge in [0.2, 0.25) is 0 Å². The Labute approximate surface area is 116 Å². The zero-order valence-electron chi connectivity index (χ0n) is 11.0. The SMILES string of the molecule is Cc1cc(Cl)c2n(c1=O)C1(CCN(C)CC1)NC2=O. The van der Waals surface area contributed by atoms with Crippen LogP contribution in [0.15, 0.2) is 10.9 Å². The number of carbonyl (C=O) groups is 1. The van der Waals surface area contributed by atoms with Gasteiger partial charge in [-0.3, -0.25) is 14.2 Å². The van der Waals surface area contributed by atoms with Gasteiger partial charge >= 0.3 is 0 Å². The number of halogens is 1. The van der Waals surface area contributed by atoms with E-state index >= 15 is 0 Å². The number of nitrogens with one attached hydrogen (secondary N) is 1. The van der Waals surface area contributed by atoms with E-state index in [1.165, 1.54) is 0 Å². The van der Waals surface area contributed by atoms with Crippen molar-refractivity contribution < 1.29 is 4.79 Å². The summed E-state index contributed by atoms with van der Waals surface area (Å²) >= 11 is 6.14. The molecule has 1 aromatic heterocycles. The zero-order valence-corrected chi connectivity index (χ0v) is 11.8. The van der Waals surface area contributed by atoms with Crippen molar-refractivity contribution in [3.8, 4) is 0 Å². The predicted molar refractivity (Wildman–Crippen MR) is 72.6 cm³/mol. The molecule has 0 atom stereocenters. The molecular weight excluding hydrogens is 266 g/mol. The number of nitrogens with zero attached hydrogens (tertiary/aromatic N) is 2. The van der Waals surface area contributed by atoms with Crippen molar-refractivity contribution in [1.29, 1.82) is 0 Å². The van der Waals surface area contributed by atoms with E-state index in [1.54, 1.807) is 17.6 Å². The number of pyridine rings is 1. The van der Waals surface area contributed by atoms with Gasteiger partial charge < -0.3 is 10.2 Å². The van der Waals surface area contributed by atoms with Crippen molar-refractivity contribution in [3.05, 3.63) is 32.7 Å². The fraction of sp³-hybridized carbons (Fsp3) is 0.538. The Kier molecular flexibility index (Phi) is 2.73. The molecule has 1 spiro atoms. The Morgan fingerprint density at radius 2 is 1.95 bits per heavy atom. The van der Waals surface area contributed by atoms with Gasteiger partial charge in [-0.05, 0) is 20.0 Å². The lowest BCUT2D eigenvalue weighted by atomic mass is 9.97. The first-order valence-electron chi connectivity index (χ1n) is 6.38. The number of hydrogen-bond donors (Lipinski definition) is 1. The molecule has 2 aliphatic heterocycles. The number of aromatic nitrogens is 1. The predicted octanol–water partition coefficient (Wildman–Crippen LogP) is 0.932. The molecule has 1 amide bonds. The first-order chi connectivity index (χ1) is 8.94. The van der Waals surface area contributed by atoms with Crippen molar-refractivity contribution >= 4 is 17.5 Å². The molecule has 102 valence electrons. The molecule has 0 unspecified atom stereocenters. The van der Waals surface area contributed by atoms with Gasteiger partial charge in [-0.2, -0.15) is 0 Å². The van der Waals surface area contributed by atoms with Crippen molar-refractivity contribution in [2.24, 2.45) is 0 Å². The summed E-state index contributed by atoms with van der Waals surface area (Å²) in [6, 6.07) is 1.57. The van der Waals surface area contributed by atoms with Crippen LogP contribution in [0.3, 0.4) is 0 Å². The molecule has 6 heteroatoms. The third-order valence-corrected chi connectivity index (χ3v) is 4.43. The van der Waals surface area contributed by atoms with Gasteiger partial charge in [-0.25, -0.2) is 0 Å². The van der Waals surface area contributed by atoms with Crippen LogP contribution in [0, 0.1) is 6.92 Å². The lowest BCUT2D eigenvalue weighted by Crippen LogP contribution is -2.54. The van der Waals surface area contributed by atoms with E-state index in [-0.39, 0.29) is 11.5 Å². The Balaban J connectivity index is 2.21. The third-order valence-electron chi connectivity index (χ3n) is 4.14. The van der Waals surface area contributed by atoms with Gasteiger partial charge in [0.25, 0.3) is 11.5 Å². The lowest BCUT2D eigenvalue weighted by Gasteiger charge is -2.38. The average Bonchev–Trinajstić information content (AvgIpc) is 2.64. The first kappa shape index (κ1) is 12.7. The Morgan fingerprint density at radius 3 is 2.58 bits per heavy atom. The van der Waals surface area contributed by atoms with E-state index < -0.39 is 5.66 Å². The molecule has 0 bridgehead atoms. The quantitative estimate of drug-likeness (QED) is 0.770. The zero-order chi connectivity index (χ0) is 13.8. The summed E-state index contributed by atoms with van der Waals surface area (Å²) in [4.78, 5) is 26.7. The van der Waals surface area contributed by atoms with Gasteiger partial charge in [0.15, 0.2) is 0 Å². The molecule has 0 aromatic carbocycles. The van der Waals surface area contributed by atoms with Crippen LogP contribution in [0.25, 0.3) is 0 Å². The first-order valence-corrected chi connectivity index (χ1v) is 6.76. The minimum absolute atomic E-state index is 0.123. The van der Waals surface area contributed by atoms with E-state index in [9.17, 15) is 9.59 Å². The topological polar surface area (TPSA) is 54.3 Å². The third kappa shape index (κ3) is 1.72. The molecule has 1 saturated heterocycles. The van der Waals surface area contributed by atoms with Gasteiger partial charge in [0, 0.05) is 31.5 Å². The molecule has 2 aliphatic rings. The summed E-state index contributed by atoms with van der Waals surface area (Å²) in [5, 5.41) is 3.33. The largest absolute Gasteiger partial charge is 0.327 e. The molecule has 1 aromatic rings. The van der Waals surface area contributed by atoms with Gasteiger partial charge in [-0.1, -0.05) is 11.6 Å². The molecule has 1 fully saturated rings. The van der Waals surface area contributed by atoms with Crippen LogP contribution >= 0.6 is 11.6 Å². The molecule has 0 aliphatic carbocycles. The fourth-order valence-corrected chi connectivity index (χ4v) is 3.32. The molecule has 19 heavy (non-hydrogen) atoms. The minimum atomic E-state index is -0.592. The highest BCUT2D eigenvalue weighted by Gasteiger charge is 2.46. The van der Waals surface area contributed by atoms with Crippen LogP contribution < -0.4 is 10.9 Å². The maximum absolute atomic E-state index is 12.4. The summed E-state index contributed by atoms with van der Waals surface area (Å²) < 4.78 is 1.58. The second kappa shape index (κ2) is 4.08. The average molecular weight is 282 g/mol. The fourth-order valence-electron chi connectivity index (χ4n) is 2.99. The van der Waals surface area contributed by atoms with Crippen LogP contribution in [0.2, 0.25) is 5.02 Å². The number of hydrogen-bond acceptors (Lipinski definition) is 3. The summed E-state index contributed by atoms with van der Waals surface area (Å²) in [6.07, 6.45) is 1.45. The molecule has 0 radical (unpaired) electrons. The Morgan fingerprint density at radius 1 is 1.32 bits per heavy atom. The Hall–Kier alpha value is -1.33. The van der Waals surface area contributed by atoms with Gasteiger partial charge in [-0.15, -0.1) is 0 Å². The Bertz CT molecular complexity index is 615. The summed E-state index contributed by atoms with van der Waals surface area (Å²) in [6.45, 7) is 3.42. The van der Waals surface area contributed by atoms with Crippen molar-refractivity contribution in [1.82, 2.24) is 14.8 Å². The van der Waals surface area contributed by atoms with E-state index in [1.807, 2.05) is 7.05 Å². The maximum atomic E-state index is 12.4. The second-order valence-electron chi connectivity index (χ2n) is 5.45. The maximum Gasteiger partial charge on any atom is 0.271 e. The van der Waals surface area contributed by atoms with Crippen LogP contribution in [0.5, 0.6) is 0 Å². The van der Waals surface area contributed by atoms with E-state index in [0.717, 1.165) is 25.9 Å². The summed E-state index contributed by atoms with van der Waals surface area (Å²) in [7, 11) is 2.04. The molecule has 1 N–H and O–H groups in total. The number of fused-ring (bicyclic) bond motifs is 2. The van der Waals surface area contributed by atoms with E-state index in [2.05, 4.69) is 10.2 Å². The molecular formula is C13H16ClN3O2. The number of aryl methyl sites for hydroxylation is 1. The lowest BCUT2D eigenvalue weighted by molar-refractivity contribution is 0.0798. The highest BCUT2D eigenvalue weighted by Crippen LogP contribution is 2.34. The molecule has 0 saturated carbocycles. The van der Waals surface area contributed by atoms with Crippen molar-refractivity contribution in [3.63, 3.8) is 0 Å². The van der Waals surface area contributed by atoms with Crippen LogP contribution in [-0.2, 0) is 5.66 Å². The molecule has 5 nitrogen and oxygen atoms in total. The number of likely N-dealkylation sites (tertiary alicyclic amines) is 1. The standard InChI is InChI=1S/C13H16ClN3O2/c1-8-7-9(14)10-11(18)15-13(17(10)12(8)19)3-5-16(2)6-4-13/h7H,3-6H2,1-2H3,(H,15,18). The summed E-state index contributed by atoms with van der Waals surface area (Å²) in [5.41, 5.74) is 0.166. The highest BCUT2D eigenvalue weighted by molar-refractivity contribution is 6.33. The highest BCUT2D eigenvalue weighted by atomic mass is 35.5. The minimum Gasteiger partial charge on any atom is -0.327 e. The van der Waals surface area contributed by atoms with Crippen molar-refractivity contribution in [2.45, 2.75) is 25.4 Å². The normalized spacial score (nSPS) is 21.5. The van der Waals surface area contributed by atoms with Gasteiger partial charge in [0.05, 0.1) is 5.02 Å². The number of amides is 1. The van der Waals surface area contributed by atoms with Crippen LogP contribution in [0.1, 0.15) is 28.9 Å². The second-order valence-corrected chi connectivity index (χ2v) is 5.86.